The van der Waals surface area contributed by atoms with Crippen molar-refractivity contribution in [2.75, 3.05) is 19.0 Å². The Kier molecular flexibility index (Phi) is 4.66. The predicted molar refractivity (Wildman–Crippen MR) is 96.1 cm³/mol. The standard InChI is InChI=1S/C20H19NO3/c1-3-24-19-12-15-8-5-4-7-14(15)11-18(19)20(22)21-16-9-6-10-17(13-16)23-2/h4-13H,3H2,1-2H3,(H,21,22). The topological polar surface area (TPSA) is 47.6 Å². The molecule has 4 nitrogen and oxygen atoms in total. The monoisotopic (exact) mass is 321 g/mol. The summed E-state index contributed by atoms with van der Waals surface area (Å²) in [4.78, 5) is 12.7. The number of anilines is 1. The molecule has 3 rings (SSSR count). The lowest BCUT2D eigenvalue weighted by atomic mass is 10.1. The van der Waals surface area contributed by atoms with Crippen LogP contribution in [0.4, 0.5) is 5.69 Å². The number of fused-ring (bicyclic) bond motifs is 1. The Morgan fingerprint density at radius 3 is 2.46 bits per heavy atom. The highest BCUT2D eigenvalue weighted by molar-refractivity contribution is 6.08. The van der Waals surface area contributed by atoms with Crippen LogP contribution in [0.1, 0.15) is 17.3 Å². The summed E-state index contributed by atoms with van der Waals surface area (Å²) in [6.45, 7) is 2.40. The Hall–Kier alpha value is -3.01. The maximum absolute atomic E-state index is 12.7. The molecule has 0 fully saturated rings. The van der Waals surface area contributed by atoms with Crippen LogP contribution in [0.5, 0.6) is 11.5 Å². The van der Waals surface area contributed by atoms with Gasteiger partial charge in [0, 0.05) is 11.8 Å². The summed E-state index contributed by atoms with van der Waals surface area (Å²) in [6.07, 6.45) is 0. The molecule has 122 valence electrons. The third-order valence-corrected chi connectivity index (χ3v) is 3.72. The molecule has 4 heteroatoms. The van der Waals surface area contributed by atoms with Crippen LogP contribution in [0.15, 0.2) is 60.7 Å². The number of rotatable bonds is 5. The number of benzene rings is 3. The van der Waals surface area contributed by atoms with Crippen molar-refractivity contribution in [3.05, 3.63) is 66.2 Å². The molecule has 1 N–H and O–H groups in total. The zero-order valence-electron chi connectivity index (χ0n) is 13.7. The summed E-state index contributed by atoms with van der Waals surface area (Å²) in [5.41, 5.74) is 1.19. The molecule has 0 aliphatic carbocycles. The lowest BCUT2D eigenvalue weighted by molar-refractivity contribution is 0.102. The Balaban J connectivity index is 1.96. The first-order chi connectivity index (χ1) is 11.7. The number of amides is 1. The van der Waals surface area contributed by atoms with Gasteiger partial charge in [-0.05, 0) is 42.0 Å². The van der Waals surface area contributed by atoms with Crippen molar-refractivity contribution in [2.24, 2.45) is 0 Å². The molecule has 3 aromatic rings. The van der Waals surface area contributed by atoms with Crippen LogP contribution in [0.3, 0.4) is 0 Å². The van der Waals surface area contributed by atoms with Crippen molar-refractivity contribution in [1.29, 1.82) is 0 Å². The van der Waals surface area contributed by atoms with E-state index in [1.54, 1.807) is 13.2 Å². The second-order valence-corrected chi connectivity index (χ2v) is 5.31. The smallest absolute Gasteiger partial charge is 0.259 e. The number of carbonyl (C=O) groups is 1. The molecule has 0 atom stereocenters. The summed E-state index contributed by atoms with van der Waals surface area (Å²) < 4.78 is 10.8. The van der Waals surface area contributed by atoms with Gasteiger partial charge in [0.15, 0.2) is 0 Å². The average molecular weight is 321 g/mol. The van der Waals surface area contributed by atoms with E-state index < -0.39 is 0 Å². The maximum Gasteiger partial charge on any atom is 0.259 e. The summed E-state index contributed by atoms with van der Waals surface area (Å²) in [5.74, 6) is 1.06. The molecule has 0 aromatic heterocycles. The highest BCUT2D eigenvalue weighted by atomic mass is 16.5. The fourth-order valence-electron chi connectivity index (χ4n) is 2.57. The van der Waals surface area contributed by atoms with Crippen molar-refractivity contribution in [3.8, 4) is 11.5 Å². The van der Waals surface area contributed by atoms with Crippen LogP contribution in [0.2, 0.25) is 0 Å². The van der Waals surface area contributed by atoms with Crippen LogP contribution in [-0.2, 0) is 0 Å². The van der Waals surface area contributed by atoms with Gasteiger partial charge in [-0.3, -0.25) is 4.79 Å². The number of ether oxygens (including phenoxy) is 2. The molecule has 0 heterocycles. The van der Waals surface area contributed by atoms with Crippen LogP contribution >= 0.6 is 0 Å². The van der Waals surface area contributed by atoms with Gasteiger partial charge < -0.3 is 14.8 Å². The molecule has 0 radical (unpaired) electrons. The maximum atomic E-state index is 12.7. The third-order valence-electron chi connectivity index (χ3n) is 3.72. The van der Waals surface area contributed by atoms with Crippen molar-refractivity contribution in [2.45, 2.75) is 6.92 Å². The van der Waals surface area contributed by atoms with Gasteiger partial charge in [0.05, 0.1) is 19.3 Å². The van der Waals surface area contributed by atoms with E-state index in [2.05, 4.69) is 5.32 Å². The molecule has 0 saturated carbocycles. The van der Waals surface area contributed by atoms with Gasteiger partial charge in [-0.2, -0.15) is 0 Å². The minimum atomic E-state index is -0.211. The molecule has 3 aromatic carbocycles. The van der Waals surface area contributed by atoms with Gasteiger partial charge in [0.25, 0.3) is 5.91 Å². The van der Waals surface area contributed by atoms with Gasteiger partial charge in [-0.25, -0.2) is 0 Å². The number of nitrogens with one attached hydrogen (secondary N) is 1. The van der Waals surface area contributed by atoms with Crippen molar-refractivity contribution in [3.63, 3.8) is 0 Å². The fraction of sp³-hybridized carbons (Fsp3) is 0.150. The Morgan fingerprint density at radius 2 is 1.75 bits per heavy atom. The molecule has 24 heavy (non-hydrogen) atoms. The van der Waals surface area contributed by atoms with Crippen molar-refractivity contribution in [1.82, 2.24) is 0 Å². The number of carbonyl (C=O) groups excluding carboxylic acids is 1. The summed E-state index contributed by atoms with van der Waals surface area (Å²) in [7, 11) is 1.59. The van der Waals surface area contributed by atoms with E-state index >= 15 is 0 Å². The fourth-order valence-corrected chi connectivity index (χ4v) is 2.57. The van der Waals surface area contributed by atoms with Crippen molar-refractivity contribution < 1.29 is 14.3 Å². The van der Waals surface area contributed by atoms with Gasteiger partial charge in [-0.15, -0.1) is 0 Å². The van der Waals surface area contributed by atoms with Gasteiger partial charge in [-0.1, -0.05) is 30.3 Å². The second-order valence-electron chi connectivity index (χ2n) is 5.31. The Bertz CT molecular complexity index is 874. The minimum Gasteiger partial charge on any atom is -0.497 e. The second kappa shape index (κ2) is 7.04. The van der Waals surface area contributed by atoms with E-state index in [9.17, 15) is 4.79 Å². The highest BCUT2D eigenvalue weighted by Gasteiger charge is 2.14. The lowest BCUT2D eigenvalue weighted by Gasteiger charge is -2.13. The molecular weight excluding hydrogens is 302 g/mol. The number of hydrogen-bond acceptors (Lipinski definition) is 3. The zero-order chi connectivity index (χ0) is 16.9. The van der Waals surface area contributed by atoms with Gasteiger partial charge >= 0.3 is 0 Å². The normalized spacial score (nSPS) is 10.4. The SMILES string of the molecule is CCOc1cc2ccccc2cc1C(=O)Nc1cccc(OC)c1. The first kappa shape index (κ1) is 15.9. The Morgan fingerprint density at radius 1 is 1.00 bits per heavy atom. The third kappa shape index (κ3) is 3.33. The summed E-state index contributed by atoms with van der Waals surface area (Å²) in [6, 6.07) is 18.9. The van der Waals surface area contributed by atoms with Gasteiger partial charge in [0.1, 0.15) is 11.5 Å². The lowest BCUT2D eigenvalue weighted by Crippen LogP contribution is -2.13. The molecule has 1 amide bonds. The first-order valence-electron chi connectivity index (χ1n) is 7.82. The number of hydrogen-bond donors (Lipinski definition) is 1. The van der Waals surface area contributed by atoms with E-state index in [0.717, 1.165) is 10.8 Å². The van der Waals surface area contributed by atoms with E-state index in [4.69, 9.17) is 9.47 Å². The summed E-state index contributed by atoms with van der Waals surface area (Å²) in [5, 5.41) is 4.94. The molecule has 0 aliphatic rings. The van der Waals surface area contributed by atoms with Crippen molar-refractivity contribution >= 4 is 22.4 Å². The first-order valence-corrected chi connectivity index (χ1v) is 7.82. The summed E-state index contributed by atoms with van der Waals surface area (Å²) >= 11 is 0. The number of methoxy groups -OCH3 is 1. The van der Waals surface area contributed by atoms with E-state index in [1.807, 2.05) is 61.5 Å². The molecule has 0 spiro atoms. The molecule has 0 bridgehead atoms. The largest absolute Gasteiger partial charge is 0.497 e. The zero-order valence-corrected chi connectivity index (χ0v) is 13.7. The van der Waals surface area contributed by atoms with E-state index in [-0.39, 0.29) is 5.91 Å². The quantitative estimate of drug-likeness (QED) is 0.752. The van der Waals surface area contributed by atoms with Gasteiger partial charge in [0.2, 0.25) is 0 Å². The molecule has 0 aliphatic heterocycles. The predicted octanol–water partition coefficient (Wildman–Crippen LogP) is 4.50. The minimum absolute atomic E-state index is 0.211. The average Bonchev–Trinajstić information content (AvgIpc) is 2.61. The van der Waals surface area contributed by atoms with Crippen LogP contribution in [-0.4, -0.2) is 19.6 Å². The molecule has 0 saturated heterocycles. The highest BCUT2D eigenvalue weighted by Crippen LogP contribution is 2.27. The van der Waals surface area contributed by atoms with Crippen LogP contribution in [0, 0.1) is 0 Å². The van der Waals surface area contributed by atoms with Crippen LogP contribution < -0.4 is 14.8 Å². The van der Waals surface area contributed by atoms with E-state index in [1.165, 1.54) is 0 Å². The van der Waals surface area contributed by atoms with Crippen LogP contribution in [0.25, 0.3) is 10.8 Å². The van der Waals surface area contributed by atoms with E-state index in [0.29, 0.717) is 29.4 Å². The molecular formula is C20H19NO3. The Labute approximate surface area is 141 Å². The molecule has 0 unspecified atom stereocenters.